The zero-order valence-corrected chi connectivity index (χ0v) is 77.3. The Labute approximate surface area is 788 Å². The fraction of sp³-hybridized carbons (Fsp3) is 0.888. The molecule has 7 rings (SSSR count). The molecule has 7 aliphatic heterocycles. The number of aliphatic hydroxyl groups excluding tert-OH is 15. The molecule has 26 unspecified atom stereocenters. The standard InChI is InChI=1S/C89H148N2O45/c1-52(99)91-74-61(106)43-89(124-51-98,135-79(74)75(114)63(108)46-94)136-80-76(115)66(48-96)129-86(77(80)116)127-64-41-60(105)84(128-65(64)47-95)121-39-18-10-3-6-14-22-54(101)25-33-72(112)133-81-78(132-71(111)32-24-53(100)21-13-7-4-11-19-40-122-85-62(107)42-88(117,118)68(49-97)131-85)67(50-123-70(110)35-31-69(109)90-36-16-8-12-20-38-120-83-59(104)30-28-57(45-93)126-83)130-87(81)134-73(113)34-26-55(102)23-15-5-2-9-17-37-119-82-58(103)29-27-56(44-92)125-82/h51,56-68,74-87,92-97,103-108,114-118H,2-50H2,1H3,(H,90,109)(H,91,99)/t56?,57?,58?,59?,60?,61?,62?,63-,64?,65?,66?,67?,68?,74?,75+,76?,77?,78?,79?,80?,81?,82?,83?,84?,85?,86?,87?,89?/m1/s1. The van der Waals surface area contributed by atoms with Gasteiger partial charge in [-0.3, -0.25) is 47.9 Å². The molecule has 28 atom stereocenters. The number of carbonyl (C=O) groups is 10. The average Bonchev–Trinajstić information content (AvgIpc) is 0.863. The van der Waals surface area contributed by atoms with Crippen molar-refractivity contribution in [2.24, 2.45) is 0 Å². The van der Waals surface area contributed by atoms with Crippen LogP contribution < -0.4 is 10.6 Å². The lowest BCUT2D eigenvalue weighted by Gasteiger charge is -2.50. The van der Waals surface area contributed by atoms with E-state index in [4.69, 9.17) is 85.3 Å². The molecule has 7 fully saturated rings. The Kier molecular flexibility index (Phi) is 53.8. The van der Waals surface area contributed by atoms with Gasteiger partial charge in [0.1, 0.15) is 109 Å². The van der Waals surface area contributed by atoms with Crippen LogP contribution in [0.3, 0.4) is 0 Å². The number of carbonyl (C=O) groups excluding carboxylic acids is 10. The molecule has 47 nitrogen and oxygen atoms in total. The highest BCUT2D eigenvalue weighted by atomic mass is 16.9. The second kappa shape index (κ2) is 62.5. The van der Waals surface area contributed by atoms with Gasteiger partial charge in [-0.05, 0) is 77.0 Å². The van der Waals surface area contributed by atoms with Crippen LogP contribution >= 0.6 is 0 Å². The van der Waals surface area contributed by atoms with E-state index in [2.05, 4.69) is 10.6 Å². The Bertz CT molecular complexity index is 3500. The van der Waals surface area contributed by atoms with Gasteiger partial charge in [-0.2, -0.15) is 0 Å². The summed E-state index contributed by atoms with van der Waals surface area (Å²) in [6.07, 6.45) is -29.2. The molecule has 7 aliphatic rings. The Morgan fingerprint density at radius 1 is 0.434 bits per heavy atom. The van der Waals surface area contributed by atoms with Crippen molar-refractivity contribution >= 4 is 59.5 Å². The predicted molar refractivity (Wildman–Crippen MR) is 457 cm³/mol. The zero-order valence-electron chi connectivity index (χ0n) is 77.3. The van der Waals surface area contributed by atoms with Crippen molar-refractivity contribution in [3.63, 3.8) is 0 Å². The van der Waals surface area contributed by atoms with Crippen LogP contribution in [0, 0.1) is 0 Å². The first-order chi connectivity index (χ1) is 65.2. The molecule has 0 bridgehead atoms. The van der Waals surface area contributed by atoms with Crippen LogP contribution in [-0.4, -0.2) is 403 Å². The van der Waals surface area contributed by atoms with E-state index in [1.54, 1.807) is 0 Å². The highest BCUT2D eigenvalue weighted by molar-refractivity contribution is 5.85. The number of ketones is 3. The summed E-state index contributed by atoms with van der Waals surface area (Å²) in [5.74, 6) is -11.4. The van der Waals surface area contributed by atoms with Crippen LogP contribution in [0.2, 0.25) is 0 Å². The number of hydrogen-bond donors (Lipinski definition) is 19. The lowest BCUT2D eigenvalue weighted by atomic mass is 9.91. The second-order valence-electron chi connectivity index (χ2n) is 35.5. The second-order valence-corrected chi connectivity index (χ2v) is 35.5. The number of hydrogen-bond acceptors (Lipinski definition) is 45. The van der Waals surface area contributed by atoms with Gasteiger partial charge in [0, 0.05) is 97.7 Å². The molecule has 0 spiro atoms. The number of esters is 4. The minimum absolute atomic E-state index is 0.0159. The summed E-state index contributed by atoms with van der Waals surface area (Å²) in [6, 6.07) is -1.52. The quantitative estimate of drug-likeness (QED) is 0.00946. The van der Waals surface area contributed by atoms with E-state index >= 15 is 0 Å². The molecule has 0 aliphatic carbocycles. The maximum absolute atomic E-state index is 14.0. The van der Waals surface area contributed by atoms with Crippen LogP contribution in [-0.2, 0) is 133 Å². The van der Waals surface area contributed by atoms with E-state index in [9.17, 15) is 135 Å². The van der Waals surface area contributed by atoms with E-state index in [0.29, 0.717) is 142 Å². The molecule has 2 amide bonds. The SMILES string of the molecule is CC(=O)NC1C(O)CC(OC=O)(OC2C(O)C(CO)OC(OC3CC(O)C(OCCCCCCCC(=O)CCC(=O)OC4C(OC(=O)CCC(=O)CCCCCCCOC5OC(CO)CCC5O)OC(COC(=O)CCC(=O)NCCCCCCOC5OC(CO)CCC5O)C4OC(=O)CCC(=O)CCCCCCCOC4OC(CO)C(O)(O)CC4O)OC3CO)C2O)OC1[C@@H](O)[C@H](O)CO. The molecule has 136 heavy (non-hydrogen) atoms. The van der Waals surface area contributed by atoms with E-state index in [-0.39, 0.29) is 108 Å². The molecule has 0 aromatic rings. The Morgan fingerprint density at radius 2 is 0.897 bits per heavy atom. The van der Waals surface area contributed by atoms with E-state index in [0.717, 1.165) is 26.2 Å². The van der Waals surface area contributed by atoms with Gasteiger partial charge < -0.3 is 183 Å². The number of ether oxygens (including phenoxy) is 18. The van der Waals surface area contributed by atoms with Crippen LogP contribution in [0.4, 0.5) is 0 Å². The molecular weight excluding hydrogens is 1820 g/mol. The summed E-state index contributed by atoms with van der Waals surface area (Å²) < 4.78 is 103. The van der Waals surface area contributed by atoms with Crippen molar-refractivity contribution in [3.8, 4) is 0 Å². The number of Topliss-reactive ketones (excluding diaryl/α,β-unsaturated/α-hetero) is 3. The third-order valence-electron chi connectivity index (χ3n) is 24.4. The number of unbranched alkanes of at least 4 members (excludes halogenated alkanes) is 15. The average molecular weight is 1970 g/mol. The van der Waals surface area contributed by atoms with Gasteiger partial charge in [0.25, 0.3) is 6.47 Å². The molecule has 784 valence electrons. The summed E-state index contributed by atoms with van der Waals surface area (Å²) in [6.45, 7) is -2.65. The Morgan fingerprint density at radius 3 is 1.39 bits per heavy atom. The molecule has 7 heterocycles. The minimum Gasteiger partial charge on any atom is -0.463 e. The maximum Gasteiger partial charge on any atom is 0.332 e. The molecule has 0 aromatic carbocycles. The highest BCUT2D eigenvalue weighted by Gasteiger charge is 2.59. The van der Waals surface area contributed by atoms with Gasteiger partial charge in [0.2, 0.25) is 24.2 Å². The third kappa shape index (κ3) is 40.1. The highest BCUT2D eigenvalue weighted by Crippen LogP contribution is 2.40. The molecule has 47 heteroatoms. The van der Waals surface area contributed by atoms with Gasteiger partial charge in [0.05, 0.1) is 102 Å². The fourth-order valence-electron chi connectivity index (χ4n) is 16.6. The van der Waals surface area contributed by atoms with Crippen molar-refractivity contribution in [1.82, 2.24) is 10.6 Å². The molecule has 19 N–H and O–H groups in total. The summed E-state index contributed by atoms with van der Waals surface area (Å²) in [4.78, 5) is 132. The molecular formula is C89H148N2O45. The largest absolute Gasteiger partial charge is 0.463 e. The van der Waals surface area contributed by atoms with Crippen LogP contribution in [0.25, 0.3) is 0 Å². The lowest BCUT2D eigenvalue weighted by molar-refractivity contribution is -0.444. The molecule has 7 saturated heterocycles. The molecule has 0 radical (unpaired) electrons. The van der Waals surface area contributed by atoms with Crippen LogP contribution in [0.1, 0.15) is 244 Å². The van der Waals surface area contributed by atoms with Crippen molar-refractivity contribution < 1.29 is 220 Å². The smallest absolute Gasteiger partial charge is 0.332 e. The summed E-state index contributed by atoms with van der Waals surface area (Å²) in [5, 5.41) is 181. The Hall–Kier alpha value is -5.90. The topological polar surface area (TPSA) is 705 Å². The minimum atomic E-state index is -2.81. The summed E-state index contributed by atoms with van der Waals surface area (Å²) in [5.41, 5.74) is 0. The van der Waals surface area contributed by atoms with Crippen molar-refractivity contribution in [1.29, 1.82) is 0 Å². The number of rotatable bonds is 67. The first-order valence-electron chi connectivity index (χ1n) is 47.8. The fourth-order valence-corrected chi connectivity index (χ4v) is 16.6. The maximum atomic E-state index is 14.0. The van der Waals surface area contributed by atoms with Crippen LogP contribution in [0.5, 0.6) is 0 Å². The molecule has 0 saturated carbocycles. The summed E-state index contributed by atoms with van der Waals surface area (Å²) >= 11 is 0. The predicted octanol–water partition coefficient (Wildman–Crippen LogP) is -3.05. The Balaban J connectivity index is 0.903. The van der Waals surface area contributed by atoms with E-state index in [1.165, 1.54) is 0 Å². The van der Waals surface area contributed by atoms with Gasteiger partial charge in [-0.25, -0.2) is 0 Å². The molecule has 0 aromatic heterocycles. The number of aliphatic hydroxyl groups is 17. The normalized spacial score (nSPS) is 31.7. The monoisotopic (exact) mass is 1960 g/mol. The lowest BCUT2D eigenvalue weighted by Crippen LogP contribution is -2.69. The summed E-state index contributed by atoms with van der Waals surface area (Å²) in [7, 11) is 0. The van der Waals surface area contributed by atoms with E-state index < -0.39 is 285 Å². The first-order valence-corrected chi connectivity index (χ1v) is 47.8. The van der Waals surface area contributed by atoms with Crippen molar-refractivity contribution in [2.45, 2.75) is 422 Å². The first kappa shape index (κ1) is 117. The van der Waals surface area contributed by atoms with Crippen LogP contribution in [0.15, 0.2) is 0 Å². The zero-order chi connectivity index (χ0) is 99.3. The third-order valence-corrected chi connectivity index (χ3v) is 24.4. The van der Waals surface area contributed by atoms with Crippen molar-refractivity contribution in [3.05, 3.63) is 0 Å². The van der Waals surface area contributed by atoms with Gasteiger partial charge >= 0.3 is 29.9 Å². The van der Waals surface area contributed by atoms with Crippen molar-refractivity contribution in [2.75, 3.05) is 79.2 Å². The van der Waals surface area contributed by atoms with Gasteiger partial charge in [0.15, 0.2) is 43.3 Å². The number of nitrogens with one attached hydrogen (secondary N) is 2. The number of amides is 2. The van der Waals surface area contributed by atoms with E-state index in [1.807, 2.05) is 0 Å². The van der Waals surface area contributed by atoms with Gasteiger partial charge in [-0.1, -0.05) is 70.6 Å². The van der Waals surface area contributed by atoms with Gasteiger partial charge in [-0.15, -0.1) is 0 Å².